The van der Waals surface area contributed by atoms with Gasteiger partial charge in [0.15, 0.2) is 11.5 Å². The van der Waals surface area contributed by atoms with Crippen molar-refractivity contribution in [2.75, 3.05) is 26.8 Å². The van der Waals surface area contributed by atoms with E-state index in [9.17, 15) is 9.59 Å². The lowest BCUT2D eigenvalue weighted by molar-refractivity contribution is -0.143. The van der Waals surface area contributed by atoms with Crippen LogP contribution in [0.15, 0.2) is 18.2 Å². The van der Waals surface area contributed by atoms with E-state index in [2.05, 4.69) is 19.2 Å². The van der Waals surface area contributed by atoms with Crippen LogP contribution < -0.4 is 14.8 Å². The van der Waals surface area contributed by atoms with E-state index >= 15 is 0 Å². The van der Waals surface area contributed by atoms with E-state index in [1.165, 1.54) is 0 Å². The smallest absolute Gasteiger partial charge is 0.317 e. The second kappa shape index (κ2) is 9.48. The zero-order chi connectivity index (χ0) is 20.0. The summed E-state index contributed by atoms with van der Waals surface area (Å²) < 4.78 is 11.2. The molecule has 1 atom stereocenters. The van der Waals surface area contributed by atoms with Crippen LogP contribution in [0.25, 0.3) is 0 Å². The van der Waals surface area contributed by atoms with E-state index in [-0.39, 0.29) is 18.0 Å². The Hall–Kier alpha value is -2.44. The molecule has 0 bridgehead atoms. The number of carbonyl (C=O) groups excluding carboxylic acids is 1. The molecule has 1 saturated heterocycles. The molecule has 1 heterocycles. The van der Waals surface area contributed by atoms with Crippen LogP contribution in [-0.2, 0) is 4.79 Å². The maximum absolute atomic E-state index is 12.5. The lowest BCUT2D eigenvalue weighted by Crippen LogP contribution is -2.46. The quantitative estimate of drug-likeness (QED) is 0.760. The molecule has 7 heteroatoms. The molecule has 1 unspecified atom stereocenters. The molecule has 2 amide bonds. The molecular weight excluding hydrogens is 348 g/mol. The van der Waals surface area contributed by atoms with Crippen molar-refractivity contribution in [2.24, 2.45) is 11.8 Å². The van der Waals surface area contributed by atoms with Gasteiger partial charge in [0.2, 0.25) is 0 Å². The average Bonchev–Trinajstić information content (AvgIpc) is 2.66. The number of hydrogen-bond acceptors (Lipinski definition) is 4. The van der Waals surface area contributed by atoms with Crippen molar-refractivity contribution in [1.82, 2.24) is 10.2 Å². The van der Waals surface area contributed by atoms with Crippen LogP contribution in [0.2, 0.25) is 0 Å². The van der Waals surface area contributed by atoms with Crippen molar-refractivity contribution >= 4 is 12.0 Å². The van der Waals surface area contributed by atoms with Gasteiger partial charge >= 0.3 is 12.0 Å². The number of nitrogens with one attached hydrogen (secondary N) is 1. The van der Waals surface area contributed by atoms with Gasteiger partial charge in [0.05, 0.1) is 25.7 Å². The number of urea groups is 1. The van der Waals surface area contributed by atoms with Gasteiger partial charge in [-0.1, -0.05) is 19.9 Å². The number of amides is 2. The summed E-state index contributed by atoms with van der Waals surface area (Å²) in [6, 6.07) is 5.27. The summed E-state index contributed by atoms with van der Waals surface area (Å²) in [7, 11) is 1.59. The number of aliphatic carboxylic acids is 1. The van der Waals surface area contributed by atoms with Crippen LogP contribution in [0.3, 0.4) is 0 Å². The van der Waals surface area contributed by atoms with Crippen molar-refractivity contribution in [3.63, 3.8) is 0 Å². The van der Waals surface area contributed by atoms with Crippen LogP contribution in [0, 0.1) is 11.8 Å². The van der Waals surface area contributed by atoms with E-state index in [1.807, 2.05) is 25.1 Å². The molecule has 0 aromatic heterocycles. The van der Waals surface area contributed by atoms with Crippen LogP contribution >= 0.6 is 0 Å². The van der Waals surface area contributed by atoms with Gasteiger partial charge in [-0.15, -0.1) is 0 Å². The Labute approximate surface area is 160 Å². The van der Waals surface area contributed by atoms with Crippen molar-refractivity contribution in [3.8, 4) is 11.5 Å². The standard InChI is InChI=1S/C20H30N2O5/c1-13(2)12-27-17-6-5-16(11-18(17)26-4)14(3)21-20(25)22-9-7-15(8-10-22)19(23)24/h5-6,11,13-15H,7-10,12H2,1-4H3,(H,21,25)(H,23,24). The summed E-state index contributed by atoms with van der Waals surface area (Å²) in [6.45, 7) is 7.59. The van der Waals surface area contributed by atoms with Crippen LogP contribution in [0.5, 0.6) is 11.5 Å². The van der Waals surface area contributed by atoms with Gasteiger partial charge in [-0.3, -0.25) is 4.79 Å². The summed E-state index contributed by atoms with van der Waals surface area (Å²) in [5.41, 5.74) is 0.914. The highest BCUT2D eigenvalue weighted by atomic mass is 16.5. The average molecular weight is 378 g/mol. The summed E-state index contributed by atoms with van der Waals surface area (Å²) in [4.78, 5) is 25.2. The fraction of sp³-hybridized carbons (Fsp3) is 0.600. The normalized spacial score (nSPS) is 16.1. The molecule has 27 heavy (non-hydrogen) atoms. The largest absolute Gasteiger partial charge is 0.493 e. The van der Waals surface area contributed by atoms with Crippen LogP contribution in [0.1, 0.15) is 45.2 Å². The predicted molar refractivity (Wildman–Crippen MR) is 102 cm³/mol. The van der Waals surface area contributed by atoms with E-state index in [1.54, 1.807) is 12.0 Å². The summed E-state index contributed by atoms with van der Waals surface area (Å²) in [5.74, 6) is 0.600. The van der Waals surface area contributed by atoms with Crippen LogP contribution in [0.4, 0.5) is 4.79 Å². The number of nitrogens with zero attached hydrogens (tertiary/aromatic N) is 1. The third-order valence-electron chi connectivity index (χ3n) is 4.73. The van der Waals surface area contributed by atoms with Crippen LogP contribution in [-0.4, -0.2) is 48.8 Å². The molecule has 1 aliphatic rings. The first-order valence-electron chi connectivity index (χ1n) is 9.40. The first-order chi connectivity index (χ1) is 12.8. The molecule has 1 aliphatic heterocycles. The van der Waals surface area contributed by atoms with Gasteiger partial charge in [0, 0.05) is 13.1 Å². The highest BCUT2D eigenvalue weighted by molar-refractivity contribution is 5.76. The lowest BCUT2D eigenvalue weighted by atomic mass is 9.97. The number of hydrogen-bond donors (Lipinski definition) is 2. The molecule has 1 fully saturated rings. The maximum Gasteiger partial charge on any atom is 0.317 e. The van der Waals surface area contributed by atoms with Gasteiger partial charge < -0.3 is 24.8 Å². The molecule has 0 aliphatic carbocycles. The van der Waals surface area contributed by atoms with Gasteiger partial charge in [0.1, 0.15) is 0 Å². The Morgan fingerprint density at radius 2 is 1.89 bits per heavy atom. The fourth-order valence-corrected chi connectivity index (χ4v) is 3.02. The second-order valence-corrected chi connectivity index (χ2v) is 7.39. The number of rotatable bonds is 7. The van der Waals surface area contributed by atoms with E-state index < -0.39 is 5.97 Å². The molecule has 1 aromatic rings. The zero-order valence-electron chi connectivity index (χ0n) is 16.5. The molecule has 7 nitrogen and oxygen atoms in total. The highest BCUT2D eigenvalue weighted by Crippen LogP contribution is 2.31. The Bertz CT molecular complexity index is 654. The first-order valence-corrected chi connectivity index (χ1v) is 9.40. The van der Waals surface area contributed by atoms with Gasteiger partial charge in [0.25, 0.3) is 0 Å². The summed E-state index contributed by atoms with van der Waals surface area (Å²) in [6.07, 6.45) is 0.986. The zero-order valence-corrected chi connectivity index (χ0v) is 16.5. The second-order valence-electron chi connectivity index (χ2n) is 7.39. The Morgan fingerprint density at radius 1 is 1.22 bits per heavy atom. The van der Waals surface area contributed by atoms with Crippen molar-refractivity contribution in [2.45, 2.75) is 39.7 Å². The molecule has 2 rings (SSSR count). The lowest BCUT2D eigenvalue weighted by Gasteiger charge is -2.31. The molecule has 2 N–H and O–H groups in total. The Kier molecular flexibility index (Phi) is 7.33. The first kappa shape index (κ1) is 20.9. The number of carboxylic acid groups (broad SMARTS) is 1. The van der Waals surface area contributed by atoms with Gasteiger partial charge in [-0.2, -0.15) is 0 Å². The summed E-state index contributed by atoms with van der Waals surface area (Å²) in [5, 5.41) is 12.0. The number of carboxylic acids is 1. The fourth-order valence-electron chi connectivity index (χ4n) is 3.02. The minimum Gasteiger partial charge on any atom is -0.493 e. The van der Waals surface area contributed by atoms with Gasteiger partial charge in [-0.05, 0) is 43.4 Å². The molecule has 0 spiro atoms. The highest BCUT2D eigenvalue weighted by Gasteiger charge is 2.27. The Balaban J connectivity index is 1.95. The SMILES string of the molecule is COc1cc(C(C)NC(=O)N2CCC(C(=O)O)CC2)ccc1OCC(C)C. The number of piperidine rings is 1. The molecule has 0 radical (unpaired) electrons. The van der Waals surface area contributed by atoms with E-state index in [4.69, 9.17) is 14.6 Å². The van der Waals surface area contributed by atoms with Crippen molar-refractivity contribution < 1.29 is 24.2 Å². The third kappa shape index (κ3) is 5.77. The molecule has 1 aromatic carbocycles. The number of likely N-dealkylation sites (tertiary alicyclic amines) is 1. The number of benzene rings is 1. The number of carbonyl (C=O) groups is 2. The van der Waals surface area contributed by atoms with E-state index in [0.717, 1.165) is 5.56 Å². The number of methoxy groups -OCH3 is 1. The Morgan fingerprint density at radius 3 is 2.44 bits per heavy atom. The monoisotopic (exact) mass is 378 g/mol. The minimum absolute atomic E-state index is 0.176. The van der Waals surface area contributed by atoms with Crippen molar-refractivity contribution in [3.05, 3.63) is 23.8 Å². The summed E-state index contributed by atoms with van der Waals surface area (Å²) >= 11 is 0. The van der Waals surface area contributed by atoms with Crippen molar-refractivity contribution in [1.29, 1.82) is 0 Å². The maximum atomic E-state index is 12.5. The number of ether oxygens (including phenoxy) is 2. The third-order valence-corrected chi connectivity index (χ3v) is 4.73. The molecule has 150 valence electrons. The molecular formula is C20H30N2O5. The molecule has 0 saturated carbocycles. The van der Waals surface area contributed by atoms with Gasteiger partial charge in [-0.25, -0.2) is 4.79 Å². The topological polar surface area (TPSA) is 88.1 Å². The minimum atomic E-state index is -0.782. The predicted octanol–water partition coefficient (Wildman–Crippen LogP) is 3.30. The van der Waals surface area contributed by atoms with E-state index in [0.29, 0.717) is 50.0 Å².